The van der Waals surface area contributed by atoms with Crippen molar-refractivity contribution in [2.75, 3.05) is 19.1 Å². The van der Waals surface area contributed by atoms with E-state index in [1.54, 1.807) is 6.20 Å². The summed E-state index contributed by atoms with van der Waals surface area (Å²) in [5.74, 6) is -0.397. The third-order valence-electron chi connectivity index (χ3n) is 2.62. The summed E-state index contributed by atoms with van der Waals surface area (Å²) in [6, 6.07) is 5.79. The molecule has 5 nitrogen and oxygen atoms in total. The molecule has 0 radical (unpaired) electrons. The van der Waals surface area contributed by atoms with E-state index in [-0.39, 0.29) is 0 Å². The maximum atomic E-state index is 11.5. The molecule has 0 saturated carbocycles. The van der Waals surface area contributed by atoms with Crippen molar-refractivity contribution in [2.24, 2.45) is 0 Å². The molecule has 0 atom stereocenters. The van der Waals surface area contributed by atoms with Crippen molar-refractivity contribution >= 4 is 22.4 Å². The van der Waals surface area contributed by atoms with E-state index in [9.17, 15) is 4.79 Å². The number of hydrogen-bond donors (Lipinski definition) is 0. The second-order valence-electron chi connectivity index (χ2n) is 4.07. The van der Waals surface area contributed by atoms with Gasteiger partial charge in [0.05, 0.1) is 19.3 Å². The molecule has 2 aromatic rings. The molecule has 0 unspecified atom stereocenters. The summed E-state index contributed by atoms with van der Waals surface area (Å²) in [5, 5.41) is 0.781. The third-order valence-corrected chi connectivity index (χ3v) is 3.70. The van der Waals surface area contributed by atoms with Gasteiger partial charge in [-0.1, -0.05) is 6.07 Å². The first kappa shape index (κ1) is 13.5. The van der Waals surface area contributed by atoms with Crippen LogP contribution < -0.4 is 4.90 Å². The van der Waals surface area contributed by atoms with E-state index in [1.165, 1.54) is 18.4 Å². The Hall–Kier alpha value is -1.95. The number of carbonyl (C=O) groups is 1. The number of hydrogen-bond acceptors (Lipinski definition) is 6. The Bertz CT molecular complexity index is 569. The quantitative estimate of drug-likeness (QED) is 0.802. The van der Waals surface area contributed by atoms with Crippen LogP contribution in [0, 0.1) is 6.92 Å². The molecule has 0 aromatic carbocycles. The van der Waals surface area contributed by atoms with E-state index >= 15 is 0 Å². The van der Waals surface area contributed by atoms with Crippen LogP contribution in [0.5, 0.6) is 0 Å². The Labute approximate surface area is 115 Å². The molecule has 6 heteroatoms. The van der Waals surface area contributed by atoms with E-state index in [2.05, 4.69) is 9.97 Å². The molecule has 0 spiro atoms. The molecule has 0 aliphatic heterocycles. The Balaban J connectivity index is 2.16. The number of methoxy groups -OCH3 is 1. The zero-order chi connectivity index (χ0) is 13.8. The molecule has 0 aliphatic rings. The fraction of sp³-hybridized carbons (Fsp3) is 0.308. The maximum Gasteiger partial charge on any atom is 0.357 e. The lowest BCUT2D eigenvalue weighted by Crippen LogP contribution is -2.17. The van der Waals surface area contributed by atoms with Crippen molar-refractivity contribution in [3.05, 3.63) is 40.7 Å². The number of aryl methyl sites for hydroxylation is 1. The lowest BCUT2D eigenvalue weighted by molar-refractivity contribution is 0.0594. The average Bonchev–Trinajstić information content (AvgIpc) is 2.81. The van der Waals surface area contributed by atoms with Gasteiger partial charge in [0.2, 0.25) is 0 Å². The number of esters is 1. The molecule has 2 aromatic heterocycles. The van der Waals surface area contributed by atoms with Crippen LogP contribution in [-0.2, 0) is 11.3 Å². The second-order valence-corrected chi connectivity index (χ2v) is 5.25. The summed E-state index contributed by atoms with van der Waals surface area (Å²) in [5.41, 5.74) is 1.34. The highest BCUT2D eigenvalue weighted by Crippen LogP contribution is 2.26. The smallest absolute Gasteiger partial charge is 0.357 e. The number of ether oxygens (including phenoxy) is 1. The van der Waals surface area contributed by atoms with Crippen molar-refractivity contribution in [1.29, 1.82) is 0 Å². The first-order valence-corrected chi connectivity index (χ1v) is 6.60. The lowest BCUT2D eigenvalue weighted by atomic mass is 10.3. The van der Waals surface area contributed by atoms with Gasteiger partial charge in [0.15, 0.2) is 10.8 Å². The number of pyridine rings is 1. The van der Waals surface area contributed by atoms with Crippen LogP contribution in [0.3, 0.4) is 0 Å². The molecule has 19 heavy (non-hydrogen) atoms. The predicted molar refractivity (Wildman–Crippen MR) is 74.5 cm³/mol. The van der Waals surface area contributed by atoms with Crippen molar-refractivity contribution in [1.82, 2.24) is 9.97 Å². The molecule has 2 rings (SSSR count). The Kier molecular flexibility index (Phi) is 4.11. The monoisotopic (exact) mass is 277 g/mol. The topological polar surface area (TPSA) is 55.3 Å². The molecule has 0 fully saturated rings. The van der Waals surface area contributed by atoms with Crippen LogP contribution in [0.4, 0.5) is 5.13 Å². The van der Waals surface area contributed by atoms with Gasteiger partial charge in [0.1, 0.15) is 0 Å². The first-order valence-electron chi connectivity index (χ1n) is 5.78. The van der Waals surface area contributed by atoms with Gasteiger partial charge in [-0.15, -0.1) is 11.3 Å². The second kappa shape index (κ2) is 5.79. The minimum absolute atomic E-state index is 0.385. The Morgan fingerprint density at radius 2 is 2.26 bits per heavy atom. The van der Waals surface area contributed by atoms with Crippen LogP contribution in [0.1, 0.15) is 21.1 Å². The van der Waals surface area contributed by atoms with E-state index in [0.29, 0.717) is 12.2 Å². The van der Waals surface area contributed by atoms with E-state index < -0.39 is 5.97 Å². The van der Waals surface area contributed by atoms with Crippen molar-refractivity contribution < 1.29 is 9.53 Å². The number of nitrogens with zero attached hydrogens (tertiary/aromatic N) is 3. The van der Waals surface area contributed by atoms with Gasteiger partial charge in [-0.05, 0) is 19.1 Å². The summed E-state index contributed by atoms with van der Waals surface area (Å²) in [6.45, 7) is 2.51. The summed E-state index contributed by atoms with van der Waals surface area (Å²) in [4.78, 5) is 22.9. The molecule has 0 amide bonds. The zero-order valence-corrected chi connectivity index (χ0v) is 11.9. The number of anilines is 1. The number of carbonyl (C=O) groups excluding carboxylic acids is 1. The highest BCUT2D eigenvalue weighted by atomic mass is 32.1. The summed E-state index contributed by atoms with van der Waals surface area (Å²) >= 11 is 1.47. The van der Waals surface area contributed by atoms with Gasteiger partial charge in [-0.2, -0.15) is 0 Å². The minimum Gasteiger partial charge on any atom is -0.464 e. The van der Waals surface area contributed by atoms with Crippen molar-refractivity contribution in [2.45, 2.75) is 13.5 Å². The SMILES string of the molecule is COC(=O)c1nc(N(C)Cc2ccccn2)sc1C. The van der Waals surface area contributed by atoms with Crippen LogP contribution >= 0.6 is 11.3 Å². The molecule has 100 valence electrons. The number of rotatable bonds is 4. The van der Waals surface area contributed by atoms with Crippen LogP contribution in [0.25, 0.3) is 0 Å². The highest BCUT2D eigenvalue weighted by Gasteiger charge is 2.17. The molecule has 0 saturated heterocycles. The normalized spacial score (nSPS) is 10.3. The molecular formula is C13H15N3O2S. The van der Waals surface area contributed by atoms with Gasteiger partial charge in [0.25, 0.3) is 0 Å². The number of thiazole rings is 1. The largest absolute Gasteiger partial charge is 0.464 e. The van der Waals surface area contributed by atoms with Gasteiger partial charge < -0.3 is 9.64 Å². The van der Waals surface area contributed by atoms with Gasteiger partial charge >= 0.3 is 5.97 Å². The fourth-order valence-corrected chi connectivity index (χ4v) is 2.49. The standard InChI is InChI=1S/C13H15N3O2S/c1-9-11(12(17)18-3)15-13(19-9)16(2)8-10-6-4-5-7-14-10/h4-7H,8H2,1-3H3. The highest BCUT2D eigenvalue weighted by molar-refractivity contribution is 7.15. The molecule has 0 bridgehead atoms. The van der Waals surface area contributed by atoms with Crippen LogP contribution in [0.2, 0.25) is 0 Å². The van der Waals surface area contributed by atoms with Crippen LogP contribution in [0.15, 0.2) is 24.4 Å². The maximum absolute atomic E-state index is 11.5. The number of aromatic nitrogens is 2. The molecular weight excluding hydrogens is 262 g/mol. The van der Waals surface area contributed by atoms with E-state index in [1.807, 2.05) is 37.1 Å². The zero-order valence-electron chi connectivity index (χ0n) is 11.1. The molecule has 0 N–H and O–H groups in total. The fourth-order valence-electron chi connectivity index (χ4n) is 1.63. The summed E-state index contributed by atoms with van der Waals surface area (Å²) in [7, 11) is 3.28. The average molecular weight is 277 g/mol. The van der Waals surface area contributed by atoms with Gasteiger partial charge in [-0.25, -0.2) is 9.78 Å². The Morgan fingerprint density at radius 3 is 2.89 bits per heavy atom. The van der Waals surface area contributed by atoms with Crippen molar-refractivity contribution in [3.63, 3.8) is 0 Å². The first-order chi connectivity index (χ1) is 9.11. The Morgan fingerprint density at radius 1 is 1.47 bits per heavy atom. The van der Waals surface area contributed by atoms with Gasteiger partial charge in [-0.3, -0.25) is 4.98 Å². The summed E-state index contributed by atoms with van der Waals surface area (Å²) < 4.78 is 4.70. The molecule has 2 heterocycles. The van der Waals surface area contributed by atoms with E-state index in [4.69, 9.17) is 4.74 Å². The van der Waals surface area contributed by atoms with Crippen molar-refractivity contribution in [3.8, 4) is 0 Å². The third kappa shape index (κ3) is 3.08. The van der Waals surface area contributed by atoms with E-state index in [0.717, 1.165) is 15.7 Å². The minimum atomic E-state index is -0.397. The van der Waals surface area contributed by atoms with Crippen LogP contribution in [-0.4, -0.2) is 30.1 Å². The van der Waals surface area contributed by atoms with Gasteiger partial charge in [0, 0.05) is 18.1 Å². The lowest BCUT2D eigenvalue weighted by Gasteiger charge is -2.14. The predicted octanol–water partition coefficient (Wildman–Crippen LogP) is 2.27. The summed E-state index contributed by atoms with van der Waals surface area (Å²) in [6.07, 6.45) is 1.76. The molecule has 0 aliphatic carbocycles.